The Kier molecular flexibility index (Phi) is 3.95. The zero-order valence-corrected chi connectivity index (χ0v) is 11.0. The minimum Gasteiger partial charge on any atom is -0.508 e. The smallest absolute Gasteiger partial charge is 0.128 e. The van der Waals surface area contributed by atoms with E-state index >= 15 is 0 Å². The third-order valence-corrected chi connectivity index (χ3v) is 3.04. The molecule has 2 nitrogen and oxygen atoms in total. The number of hydrogen-bond donors (Lipinski definition) is 1. The van der Waals surface area contributed by atoms with Crippen LogP contribution in [0.2, 0.25) is 0 Å². The van der Waals surface area contributed by atoms with Gasteiger partial charge in [-0.1, -0.05) is 18.2 Å². The van der Waals surface area contributed by atoms with Gasteiger partial charge in [0.25, 0.3) is 0 Å². The van der Waals surface area contributed by atoms with Crippen molar-refractivity contribution in [2.45, 2.75) is 20.4 Å². The Bertz CT molecular complexity index is 620. The molecule has 2 aromatic carbocycles. The molecule has 3 heteroatoms. The van der Waals surface area contributed by atoms with Gasteiger partial charge in [0, 0.05) is 11.3 Å². The Labute approximate surface area is 112 Å². The van der Waals surface area contributed by atoms with Crippen LogP contribution < -0.4 is 0 Å². The van der Waals surface area contributed by atoms with Crippen LogP contribution in [0.4, 0.5) is 4.39 Å². The van der Waals surface area contributed by atoms with E-state index in [9.17, 15) is 9.50 Å². The van der Waals surface area contributed by atoms with Crippen LogP contribution in [-0.2, 0) is 6.54 Å². The Morgan fingerprint density at radius 1 is 1.21 bits per heavy atom. The molecule has 0 aliphatic carbocycles. The summed E-state index contributed by atoms with van der Waals surface area (Å²) >= 11 is 0. The highest BCUT2D eigenvalue weighted by molar-refractivity contribution is 6.00. The molecule has 2 aromatic rings. The van der Waals surface area contributed by atoms with Crippen LogP contribution in [-0.4, -0.2) is 10.8 Å². The highest BCUT2D eigenvalue weighted by Gasteiger charge is 2.04. The van der Waals surface area contributed by atoms with Crippen LogP contribution in [0.3, 0.4) is 0 Å². The fourth-order valence-corrected chi connectivity index (χ4v) is 1.97. The van der Waals surface area contributed by atoms with Crippen LogP contribution in [0.5, 0.6) is 5.75 Å². The van der Waals surface area contributed by atoms with Gasteiger partial charge in [-0.05, 0) is 49.2 Å². The van der Waals surface area contributed by atoms with Crippen LogP contribution >= 0.6 is 0 Å². The third-order valence-electron chi connectivity index (χ3n) is 3.04. The summed E-state index contributed by atoms with van der Waals surface area (Å²) in [5, 5.41) is 9.37. The second kappa shape index (κ2) is 5.65. The maximum absolute atomic E-state index is 13.5. The fraction of sp³-hybridized carbons (Fsp3) is 0.188. The van der Waals surface area contributed by atoms with Crippen molar-refractivity contribution in [1.29, 1.82) is 0 Å². The van der Waals surface area contributed by atoms with Crippen LogP contribution in [0.25, 0.3) is 0 Å². The van der Waals surface area contributed by atoms with E-state index in [1.54, 1.807) is 30.3 Å². The van der Waals surface area contributed by atoms with E-state index in [1.165, 1.54) is 6.07 Å². The summed E-state index contributed by atoms with van der Waals surface area (Å²) < 4.78 is 13.5. The van der Waals surface area contributed by atoms with E-state index < -0.39 is 0 Å². The second-order valence-electron chi connectivity index (χ2n) is 4.49. The van der Waals surface area contributed by atoms with Crippen molar-refractivity contribution in [3.05, 3.63) is 65.0 Å². The van der Waals surface area contributed by atoms with Gasteiger partial charge >= 0.3 is 0 Å². The zero-order chi connectivity index (χ0) is 13.8. The second-order valence-corrected chi connectivity index (χ2v) is 4.49. The molecule has 0 saturated carbocycles. The average molecular weight is 257 g/mol. The van der Waals surface area contributed by atoms with E-state index in [1.807, 2.05) is 19.9 Å². The first-order valence-corrected chi connectivity index (χ1v) is 6.12. The number of phenolic OH excluding ortho intramolecular Hbond substituents is 1. The lowest BCUT2D eigenvalue weighted by Gasteiger charge is -2.06. The quantitative estimate of drug-likeness (QED) is 0.832. The number of aromatic hydroxyl groups is 1. The summed E-state index contributed by atoms with van der Waals surface area (Å²) in [6.07, 6.45) is 0. The van der Waals surface area contributed by atoms with Gasteiger partial charge in [0.1, 0.15) is 11.6 Å². The molecule has 2 rings (SSSR count). The first-order valence-electron chi connectivity index (χ1n) is 6.12. The number of nitrogens with zero attached hydrogens (tertiary/aromatic N) is 1. The molecule has 0 amide bonds. The lowest BCUT2D eigenvalue weighted by molar-refractivity contribution is 0.475. The van der Waals surface area contributed by atoms with Crippen LogP contribution in [0, 0.1) is 12.7 Å². The number of halogens is 1. The standard InChI is InChI=1S/C16H16FNO/c1-11-9-14(19)7-8-15(11)12(2)18-10-13-5-3-4-6-16(13)17/h3-9,19H,10H2,1-2H3. The minimum atomic E-state index is -0.235. The SMILES string of the molecule is CC(=NCc1ccccc1F)c1ccc(O)cc1C. The summed E-state index contributed by atoms with van der Waals surface area (Å²) in [5.74, 6) is 0.00429. The molecular weight excluding hydrogens is 241 g/mol. The number of aryl methyl sites for hydroxylation is 1. The van der Waals surface area contributed by atoms with Gasteiger partial charge in [-0.2, -0.15) is 0 Å². The first kappa shape index (κ1) is 13.3. The predicted octanol–water partition coefficient (Wildman–Crippen LogP) is 3.85. The molecule has 0 heterocycles. The van der Waals surface area contributed by atoms with Crippen molar-refractivity contribution in [3.63, 3.8) is 0 Å². The summed E-state index contributed by atoms with van der Waals surface area (Å²) in [6.45, 7) is 4.12. The van der Waals surface area contributed by atoms with Gasteiger partial charge in [-0.25, -0.2) is 4.39 Å². The molecule has 0 atom stereocenters. The van der Waals surface area contributed by atoms with Gasteiger partial charge < -0.3 is 5.11 Å². The molecule has 0 saturated heterocycles. The maximum Gasteiger partial charge on any atom is 0.128 e. The van der Waals surface area contributed by atoms with Gasteiger partial charge in [-0.15, -0.1) is 0 Å². The van der Waals surface area contributed by atoms with Crippen LogP contribution in [0.15, 0.2) is 47.5 Å². The summed E-state index contributed by atoms with van der Waals surface area (Å²) in [7, 11) is 0. The van der Waals surface area contributed by atoms with Crippen molar-refractivity contribution in [2.75, 3.05) is 0 Å². The molecule has 0 fully saturated rings. The third kappa shape index (κ3) is 3.19. The van der Waals surface area contributed by atoms with Gasteiger partial charge in [0.15, 0.2) is 0 Å². The van der Waals surface area contributed by atoms with Crippen molar-refractivity contribution in [3.8, 4) is 5.75 Å². The van der Waals surface area contributed by atoms with E-state index in [0.717, 1.165) is 16.8 Å². The molecule has 0 aliphatic rings. The fourth-order valence-electron chi connectivity index (χ4n) is 1.97. The van der Waals surface area contributed by atoms with Crippen molar-refractivity contribution >= 4 is 5.71 Å². The molecule has 0 spiro atoms. The monoisotopic (exact) mass is 257 g/mol. The largest absolute Gasteiger partial charge is 0.508 e. The highest BCUT2D eigenvalue weighted by Crippen LogP contribution is 2.17. The Hall–Kier alpha value is -2.16. The van der Waals surface area contributed by atoms with E-state index in [0.29, 0.717) is 12.1 Å². The Morgan fingerprint density at radius 2 is 1.95 bits per heavy atom. The summed E-state index contributed by atoms with van der Waals surface area (Å²) in [4.78, 5) is 4.41. The zero-order valence-electron chi connectivity index (χ0n) is 11.0. The van der Waals surface area contributed by atoms with Crippen molar-refractivity contribution in [1.82, 2.24) is 0 Å². The summed E-state index contributed by atoms with van der Waals surface area (Å²) in [6, 6.07) is 11.8. The van der Waals surface area contributed by atoms with Gasteiger partial charge in [0.05, 0.1) is 6.54 Å². The topological polar surface area (TPSA) is 32.6 Å². The molecule has 0 bridgehead atoms. The van der Waals surface area contributed by atoms with Crippen molar-refractivity contribution < 1.29 is 9.50 Å². The lowest BCUT2D eigenvalue weighted by atomic mass is 10.0. The van der Waals surface area contributed by atoms with E-state index in [2.05, 4.69) is 4.99 Å². The molecule has 19 heavy (non-hydrogen) atoms. The normalized spacial score (nSPS) is 11.6. The van der Waals surface area contributed by atoms with Gasteiger partial charge in [0.2, 0.25) is 0 Å². The van der Waals surface area contributed by atoms with Crippen molar-refractivity contribution in [2.24, 2.45) is 4.99 Å². The Morgan fingerprint density at radius 3 is 2.63 bits per heavy atom. The number of hydrogen-bond acceptors (Lipinski definition) is 2. The predicted molar refractivity (Wildman–Crippen MR) is 75.2 cm³/mol. The molecule has 1 N–H and O–H groups in total. The minimum absolute atomic E-state index is 0.235. The molecule has 98 valence electrons. The lowest BCUT2D eigenvalue weighted by Crippen LogP contribution is -1.99. The molecule has 0 radical (unpaired) electrons. The molecule has 0 aromatic heterocycles. The molecule has 0 unspecified atom stereocenters. The first-order chi connectivity index (χ1) is 9.08. The van der Waals surface area contributed by atoms with E-state index in [4.69, 9.17) is 0 Å². The highest BCUT2D eigenvalue weighted by atomic mass is 19.1. The Balaban J connectivity index is 2.22. The molecule has 0 aliphatic heterocycles. The molecular formula is C16H16FNO. The number of rotatable bonds is 3. The number of aliphatic imine (C=N–C) groups is 1. The summed E-state index contributed by atoms with van der Waals surface area (Å²) in [5.41, 5.74) is 3.34. The van der Waals surface area contributed by atoms with Crippen LogP contribution in [0.1, 0.15) is 23.6 Å². The number of phenols is 1. The maximum atomic E-state index is 13.5. The van der Waals surface area contributed by atoms with Gasteiger partial charge in [-0.3, -0.25) is 4.99 Å². The average Bonchev–Trinajstić information content (AvgIpc) is 2.37. The number of benzene rings is 2. The van der Waals surface area contributed by atoms with E-state index in [-0.39, 0.29) is 11.6 Å².